The number of hydrogen-bond donors (Lipinski definition) is 4. The van der Waals surface area contributed by atoms with Crippen LogP contribution >= 0.6 is 24.8 Å². The minimum atomic E-state index is -1.00. The van der Waals surface area contributed by atoms with Crippen molar-refractivity contribution in [2.75, 3.05) is 26.7 Å². The summed E-state index contributed by atoms with van der Waals surface area (Å²) in [6.45, 7) is 6.37. The van der Waals surface area contributed by atoms with Crippen LogP contribution in [0.1, 0.15) is 47.9 Å². The number of halogens is 2. The number of carbonyl (C=O) groups is 1. The molecule has 9 nitrogen and oxygen atoms in total. The third-order valence-corrected chi connectivity index (χ3v) is 12.9. The van der Waals surface area contributed by atoms with Crippen molar-refractivity contribution in [1.82, 2.24) is 9.80 Å². The van der Waals surface area contributed by atoms with E-state index in [4.69, 9.17) is 9.47 Å². The smallest absolute Gasteiger partial charge is 0.174 e. The first-order chi connectivity index (χ1) is 21.7. The van der Waals surface area contributed by atoms with E-state index < -0.39 is 23.2 Å². The number of ketones is 1. The second-order valence-corrected chi connectivity index (χ2v) is 14.5. The molecule has 2 spiro atoms. The lowest BCUT2D eigenvalue weighted by Gasteiger charge is -2.62. The molecule has 3 fully saturated rings. The molecule has 9 atom stereocenters. The van der Waals surface area contributed by atoms with Crippen LogP contribution in [-0.4, -0.2) is 98.7 Å². The van der Waals surface area contributed by atoms with Gasteiger partial charge in [-0.25, -0.2) is 0 Å². The van der Waals surface area contributed by atoms with Gasteiger partial charge in [-0.05, 0) is 69.0 Å². The van der Waals surface area contributed by atoms with Gasteiger partial charge in [0.2, 0.25) is 0 Å². The quantitative estimate of drug-likeness (QED) is 0.353. The number of carbonyl (C=O) groups excluding carboxylic acids is 1. The summed E-state index contributed by atoms with van der Waals surface area (Å²) in [6, 6.07) is 7.74. The zero-order valence-corrected chi connectivity index (χ0v) is 27.9. The molecule has 4 heterocycles. The molecule has 2 saturated heterocycles. The summed E-state index contributed by atoms with van der Waals surface area (Å²) in [5.41, 5.74) is 2.55. The number of likely N-dealkylation sites (N-methyl/N-ethyl adjacent to an activating group) is 1. The number of nitrogens with zero attached hydrogens (tertiary/aromatic N) is 2. The van der Waals surface area contributed by atoms with Crippen LogP contribution in [0.15, 0.2) is 49.1 Å². The first-order valence-corrected chi connectivity index (χ1v) is 16.4. The molecule has 47 heavy (non-hydrogen) atoms. The van der Waals surface area contributed by atoms with Crippen LogP contribution in [0.4, 0.5) is 0 Å². The van der Waals surface area contributed by atoms with Crippen LogP contribution in [0, 0.1) is 5.92 Å². The molecular formula is C36H42Cl2N2O7. The molecule has 2 aromatic rings. The number of aliphatic hydroxyl groups excluding tert-OH is 1. The lowest BCUT2D eigenvalue weighted by molar-refractivity contribution is -0.187. The van der Waals surface area contributed by atoms with E-state index in [-0.39, 0.29) is 59.7 Å². The standard InChI is InChI=1S/C19H21NO4.C17H19NO3.2ClH/c1-2-8-20-9-7-18-15-11-3-4-12(21)16(15)24-17(18)13(22)5-6-19(18,23)14(20)10-11;1-18-7-6-17-10-3-5-13(20)16(17)21-15-12(19)4-2-9(14(15)17)8-11(10)18;;/h2-4,14,17,21,23H,1,5-10H2;2-5,10-11,13,16,19-20H,6-8H2,1H3;2*1H/t14-,17+,18+,19-;10-,11+,13-,16-,17-;;/m10../s1. The third-order valence-electron chi connectivity index (χ3n) is 12.9. The van der Waals surface area contributed by atoms with Crippen molar-refractivity contribution in [3.05, 3.63) is 71.3 Å². The van der Waals surface area contributed by atoms with Crippen molar-refractivity contribution in [2.24, 2.45) is 5.92 Å². The van der Waals surface area contributed by atoms with E-state index in [1.807, 2.05) is 24.3 Å². The summed E-state index contributed by atoms with van der Waals surface area (Å²) in [5.74, 6) is 1.72. The molecule has 11 heteroatoms. The monoisotopic (exact) mass is 684 g/mol. The lowest BCUT2D eigenvalue weighted by Crippen LogP contribution is -2.76. The fraction of sp³-hybridized carbons (Fsp3) is 0.528. The molecule has 2 aromatic carbocycles. The summed E-state index contributed by atoms with van der Waals surface area (Å²) >= 11 is 0. The molecule has 8 aliphatic rings. The van der Waals surface area contributed by atoms with Crippen LogP contribution in [0.5, 0.6) is 23.0 Å². The maximum Gasteiger partial charge on any atom is 0.174 e. The third kappa shape index (κ3) is 3.84. The summed E-state index contributed by atoms with van der Waals surface area (Å²) in [7, 11) is 2.19. The Morgan fingerprint density at radius 3 is 2.38 bits per heavy atom. The maximum absolute atomic E-state index is 12.6. The van der Waals surface area contributed by atoms with Gasteiger partial charge in [-0.1, -0.05) is 30.4 Å². The summed E-state index contributed by atoms with van der Waals surface area (Å²) in [6.07, 6.45) is 8.52. The predicted octanol–water partition coefficient (Wildman–Crippen LogP) is 3.34. The number of ether oxygens (including phenoxy) is 2. The van der Waals surface area contributed by atoms with Gasteiger partial charge in [0.25, 0.3) is 0 Å². The Hall–Kier alpha value is -2.79. The van der Waals surface area contributed by atoms with Gasteiger partial charge >= 0.3 is 0 Å². The van der Waals surface area contributed by atoms with Crippen LogP contribution in [0.25, 0.3) is 0 Å². The van der Waals surface area contributed by atoms with Crippen molar-refractivity contribution in [3.63, 3.8) is 0 Å². The Balaban J connectivity index is 0.000000144. The van der Waals surface area contributed by atoms with Crippen molar-refractivity contribution in [2.45, 2.75) is 85.4 Å². The highest BCUT2D eigenvalue weighted by Gasteiger charge is 2.73. The number of benzene rings is 2. The lowest BCUT2D eigenvalue weighted by atomic mass is 9.49. The van der Waals surface area contributed by atoms with Gasteiger partial charge in [0.15, 0.2) is 34.9 Å². The zero-order chi connectivity index (χ0) is 31.0. The van der Waals surface area contributed by atoms with E-state index in [1.54, 1.807) is 12.1 Å². The molecule has 4 bridgehead atoms. The molecule has 252 valence electrons. The van der Waals surface area contributed by atoms with Crippen molar-refractivity contribution < 1.29 is 34.7 Å². The molecule has 0 amide bonds. The molecular weight excluding hydrogens is 643 g/mol. The minimum Gasteiger partial charge on any atom is -0.504 e. The van der Waals surface area contributed by atoms with Gasteiger partial charge in [0.05, 0.1) is 11.0 Å². The van der Waals surface area contributed by atoms with Crippen molar-refractivity contribution in [1.29, 1.82) is 0 Å². The molecule has 0 radical (unpaired) electrons. The Bertz CT molecular complexity index is 1700. The normalized spacial score (nSPS) is 39.1. The van der Waals surface area contributed by atoms with E-state index in [0.29, 0.717) is 49.1 Å². The van der Waals surface area contributed by atoms with Gasteiger partial charge in [-0.3, -0.25) is 9.69 Å². The summed E-state index contributed by atoms with van der Waals surface area (Å²) < 4.78 is 12.1. The van der Waals surface area contributed by atoms with Crippen LogP contribution in [0.3, 0.4) is 0 Å². The van der Waals surface area contributed by atoms with Gasteiger partial charge in [0.1, 0.15) is 12.2 Å². The number of Topliss-reactive ketones (excluding diaryl/α,β-unsaturated/α-hetero) is 1. The second kappa shape index (κ2) is 10.9. The van der Waals surface area contributed by atoms with Crippen LogP contribution in [-0.2, 0) is 28.5 Å². The average Bonchev–Trinajstić information content (AvgIpc) is 3.57. The van der Waals surface area contributed by atoms with E-state index in [2.05, 4.69) is 29.5 Å². The largest absolute Gasteiger partial charge is 0.504 e. The Morgan fingerprint density at radius 1 is 0.957 bits per heavy atom. The molecule has 4 aliphatic carbocycles. The number of likely N-dealkylation sites (tertiary alicyclic amines) is 2. The Morgan fingerprint density at radius 2 is 1.66 bits per heavy atom. The number of hydrogen-bond acceptors (Lipinski definition) is 9. The highest BCUT2D eigenvalue weighted by molar-refractivity contribution is 5.90. The first-order valence-electron chi connectivity index (χ1n) is 16.4. The molecule has 0 aromatic heterocycles. The Labute approximate surface area is 286 Å². The summed E-state index contributed by atoms with van der Waals surface area (Å²) in [5, 5.41) is 42.7. The van der Waals surface area contributed by atoms with Gasteiger partial charge in [0, 0.05) is 54.1 Å². The Kier molecular flexibility index (Phi) is 7.56. The fourth-order valence-corrected chi connectivity index (χ4v) is 11.0. The molecule has 1 saturated carbocycles. The summed E-state index contributed by atoms with van der Waals surface area (Å²) in [4.78, 5) is 17.3. The van der Waals surface area contributed by atoms with Crippen LogP contribution < -0.4 is 9.47 Å². The number of aromatic hydroxyl groups is 2. The topological polar surface area (TPSA) is 123 Å². The average molecular weight is 686 g/mol. The molecule has 4 N–H and O–H groups in total. The maximum atomic E-state index is 12.6. The van der Waals surface area contributed by atoms with E-state index >= 15 is 0 Å². The SMILES string of the molecule is C=CCN1CC[C@]23c4c5ccc(O)c4O[C@H]2C(=O)CC[C@@]3(O)[C@H]1C5.CN1CC[C@]23c4c5ccc(O)c4O[C@H]2[C@@H](O)C=C[C@H]3[C@H]1C5.Cl.Cl. The minimum absolute atomic E-state index is 0. The predicted molar refractivity (Wildman–Crippen MR) is 179 cm³/mol. The second-order valence-electron chi connectivity index (χ2n) is 14.5. The number of rotatable bonds is 2. The van der Waals surface area contributed by atoms with Crippen molar-refractivity contribution >= 4 is 30.6 Å². The van der Waals surface area contributed by atoms with Crippen molar-refractivity contribution in [3.8, 4) is 23.0 Å². The number of aliphatic hydroxyl groups is 2. The number of phenols is 2. The van der Waals surface area contributed by atoms with E-state index in [0.717, 1.165) is 43.6 Å². The molecule has 4 aliphatic heterocycles. The number of phenolic OH excluding ortho intramolecular Hbond substituents is 2. The molecule has 10 rings (SSSR count). The van der Waals surface area contributed by atoms with Crippen LogP contribution in [0.2, 0.25) is 0 Å². The van der Waals surface area contributed by atoms with Gasteiger partial charge < -0.3 is 34.8 Å². The highest BCUT2D eigenvalue weighted by atomic mass is 35.5. The van der Waals surface area contributed by atoms with Gasteiger partial charge in [-0.2, -0.15) is 0 Å². The van der Waals surface area contributed by atoms with E-state index in [1.165, 1.54) is 11.1 Å². The zero-order valence-electron chi connectivity index (χ0n) is 26.3. The first kappa shape index (κ1) is 32.7. The molecule has 0 unspecified atom stereocenters. The fourth-order valence-electron chi connectivity index (χ4n) is 11.0. The highest BCUT2D eigenvalue weighted by Crippen LogP contribution is 2.65. The number of piperidine rings is 2. The van der Waals surface area contributed by atoms with Gasteiger partial charge in [-0.15, -0.1) is 31.4 Å². The van der Waals surface area contributed by atoms with E-state index in [9.17, 15) is 25.2 Å².